The quantitative estimate of drug-likeness (QED) is 0.595. The van der Waals surface area contributed by atoms with Crippen LogP contribution in [0.5, 0.6) is 0 Å². The molecule has 0 aliphatic carbocycles. The monoisotopic (exact) mass is 188 g/mol. The van der Waals surface area contributed by atoms with Crippen molar-refractivity contribution in [1.29, 1.82) is 0 Å². The summed E-state index contributed by atoms with van der Waals surface area (Å²) >= 11 is 4.56. The zero-order chi connectivity index (χ0) is 9.56. The highest BCUT2D eigenvalue weighted by atomic mass is 32.1. The average Bonchev–Trinajstić information content (AvgIpc) is 2.12. The highest BCUT2D eigenvalue weighted by molar-refractivity contribution is 7.80. The Labute approximate surface area is 83.5 Å². The van der Waals surface area contributed by atoms with E-state index in [1.54, 1.807) is 0 Å². The Morgan fingerprint density at radius 2 is 1.58 bits per heavy atom. The van der Waals surface area contributed by atoms with Gasteiger partial charge in [0, 0.05) is 5.25 Å². The van der Waals surface area contributed by atoms with Crippen LogP contribution >= 0.6 is 12.6 Å². The molecule has 0 radical (unpaired) electrons. The van der Waals surface area contributed by atoms with Gasteiger partial charge in [-0.05, 0) is 24.7 Å². The molecule has 0 aromatic heterocycles. The van der Waals surface area contributed by atoms with E-state index in [4.69, 9.17) is 0 Å². The molecule has 0 amide bonds. The van der Waals surface area contributed by atoms with Gasteiger partial charge in [0.25, 0.3) is 0 Å². The molecule has 0 N–H and O–H groups in total. The summed E-state index contributed by atoms with van der Waals surface area (Å²) in [5.74, 6) is 1.76. The van der Waals surface area contributed by atoms with Gasteiger partial charge in [-0.25, -0.2) is 0 Å². The molecule has 0 saturated heterocycles. The van der Waals surface area contributed by atoms with Crippen molar-refractivity contribution in [3.05, 3.63) is 0 Å². The van der Waals surface area contributed by atoms with Crippen molar-refractivity contribution in [1.82, 2.24) is 0 Å². The first-order valence-electron chi connectivity index (χ1n) is 5.33. The molecule has 0 nitrogen and oxygen atoms in total. The molecule has 0 fully saturated rings. The first kappa shape index (κ1) is 12.3. The summed E-state index contributed by atoms with van der Waals surface area (Å²) in [6.07, 6.45) is 5.12. The van der Waals surface area contributed by atoms with Crippen molar-refractivity contribution in [2.45, 2.75) is 58.6 Å². The van der Waals surface area contributed by atoms with E-state index >= 15 is 0 Å². The average molecular weight is 188 g/mol. The second-order valence-electron chi connectivity index (χ2n) is 3.85. The summed E-state index contributed by atoms with van der Waals surface area (Å²) in [6, 6.07) is 0. The molecule has 0 aliphatic heterocycles. The van der Waals surface area contributed by atoms with E-state index in [0.717, 1.165) is 11.8 Å². The minimum atomic E-state index is 0.615. The lowest BCUT2D eigenvalue weighted by atomic mass is 9.85. The maximum Gasteiger partial charge on any atom is 0.00169 e. The highest BCUT2D eigenvalue weighted by Gasteiger charge is 2.16. The number of thiol groups is 1. The molecule has 3 unspecified atom stereocenters. The van der Waals surface area contributed by atoms with E-state index in [0.29, 0.717) is 5.25 Å². The molecule has 3 atom stereocenters. The molecular weight excluding hydrogens is 164 g/mol. The van der Waals surface area contributed by atoms with Crippen molar-refractivity contribution in [2.75, 3.05) is 0 Å². The lowest BCUT2D eigenvalue weighted by molar-refractivity contribution is 0.314. The Hall–Kier alpha value is 0.350. The second-order valence-corrected chi connectivity index (χ2v) is 4.58. The Bertz CT molecular complexity index is 101. The Morgan fingerprint density at radius 1 is 1.00 bits per heavy atom. The first-order valence-corrected chi connectivity index (χ1v) is 5.85. The number of rotatable bonds is 6. The van der Waals surface area contributed by atoms with Crippen LogP contribution in [0.25, 0.3) is 0 Å². The van der Waals surface area contributed by atoms with Crippen LogP contribution in [0.4, 0.5) is 0 Å². The van der Waals surface area contributed by atoms with Gasteiger partial charge in [0.2, 0.25) is 0 Å². The molecule has 0 aromatic carbocycles. The fourth-order valence-electron chi connectivity index (χ4n) is 1.65. The summed E-state index contributed by atoms with van der Waals surface area (Å²) in [6.45, 7) is 9.17. The zero-order valence-corrected chi connectivity index (χ0v) is 9.90. The lowest BCUT2D eigenvalue weighted by Gasteiger charge is -2.23. The Kier molecular flexibility index (Phi) is 7.02. The highest BCUT2D eigenvalue weighted by Crippen LogP contribution is 2.26. The second kappa shape index (κ2) is 6.82. The number of hydrogen-bond donors (Lipinski definition) is 1. The fraction of sp³-hybridized carbons (Fsp3) is 1.00. The van der Waals surface area contributed by atoms with Crippen LogP contribution < -0.4 is 0 Å². The van der Waals surface area contributed by atoms with Gasteiger partial charge in [-0.3, -0.25) is 0 Å². The molecule has 0 rings (SSSR count). The fourth-order valence-corrected chi connectivity index (χ4v) is 1.92. The van der Waals surface area contributed by atoms with Gasteiger partial charge >= 0.3 is 0 Å². The van der Waals surface area contributed by atoms with Crippen LogP contribution in [0.2, 0.25) is 0 Å². The van der Waals surface area contributed by atoms with E-state index < -0.39 is 0 Å². The van der Waals surface area contributed by atoms with Gasteiger partial charge in [-0.15, -0.1) is 0 Å². The number of hydrogen-bond acceptors (Lipinski definition) is 1. The predicted molar refractivity (Wildman–Crippen MR) is 60.9 cm³/mol. The normalized spacial score (nSPS) is 18.8. The summed E-state index contributed by atoms with van der Waals surface area (Å²) in [7, 11) is 0. The molecule has 12 heavy (non-hydrogen) atoms. The SMILES string of the molecule is CCC(S)CC(CC)C(C)CC. The molecule has 0 heterocycles. The standard InChI is InChI=1S/C11H24S/c1-5-9(4)10(6-2)8-11(12)7-3/h9-12H,5-8H2,1-4H3. The maximum atomic E-state index is 4.56. The Morgan fingerprint density at radius 3 is 1.92 bits per heavy atom. The first-order chi connectivity index (χ1) is 5.65. The summed E-state index contributed by atoms with van der Waals surface area (Å²) in [5.41, 5.74) is 0. The van der Waals surface area contributed by atoms with Crippen LogP contribution in [0.15, 0.2) is 0 Å². The third-order valence-corrected chi connectivity index (χ3v) is 3.60. The minimum Gasteiger partial charge on any atom is -0.176 e. The van der Waals surface area contributed by atoms with E-state index in [-0.39, 0.29) is 0 Å². The van der Waals surface area contributed by atoms with E-state index in [1.807, 2.05) is 0 Å². The maximum absolute atomic E-state index is 4.56. The third kappa shape index (κ3) is 4.39. The third-order valence-electron chi connectivity index (χ3n) is 3.02. The molecule has 0 bridgehead atoms. The van der Waals surface area contributed by atoms with E-state index in [1.165, 1.54) is 25.7 Å². The Balaban J connectivity index is 3.81. The zero-order valence-electron chi connectivity index (χ0n) is 9.01. The largest absolute Gasteiger partial charge is 0.176 e. The molecule has 0 aliphatic rings. The van der Waals surface area contributed by atoms with Crippen LogP contribution in [0.3, 0.4) is 0 Å². The topological polar surface area (TPSA) is 0 Å². The van der Waals surface area contributed by atoms with Crippen molar-refractivity contribution in [3.8, 4) is 0 Å². The minimum absolute atomic E-state index is 0.615. The van der Waals surface area contributed by atoms with Crippen LogP contribution in [-0.2, 0) is 0 Å². The van der Waals surface area contributed by atoms with Gasteiger partial charge in [0.1, 0.15) is 0 Å². The molecular formula is C11H24S. The van der Waals surface area contributed by atoms with Crippen molar-refractivity contribution < 1.29 is 0 Å². The van der Waals surface area contributed by atoms with Gasteiger partial charge in [-0.1, -0.05) is 40.5 Å². The van der Waals surface area contributed by atoms with Crippen LogP contribution in [0.1, 0.15) is 53.4 Å². The van der Waals surface area contributed by atoms with Gasteiger partial charge in [0.05, 0.1) is 0 Å². The van der Waals surface area contributed by atoms with Gasteiger partial charge < -0.3 is 0 Å². The predicted octanol–water partition coefficient (Wildman–Crippen LogP) is 4.16. The molecule has 0 saturated carbocycles. The smallest absolute Gasteiger partial charge is 0.00169 e. The molecule has 74 valence electrons. The molecule has 0 aromatic rings. The van der Waals surface area contributed by atoms with Crippen molar-refractivity contribution in [2.24, 2.45) is 11.8 Å². The van der Waals surface area contributed by atoms with E-state index in [2.05, 4.69) is 40.3 Å². The van der Waals surface area contributed by atoms with Crippen LogP contribution in [0, 0.1) is 11.8 Å². The van der Waals surface area contributed by atoms with Crippen molar-refractivity contribution >= 4 is 12.6 Å². The molecule has 1 heteroatoms. The van der Waals surface area contributed by atoms with Crippen LogP contribution in [-0.4, -0.2) is 5.25 Å². The summed E-state index contributed by atoms with van der Waals surface area (Å²) < 4.78 is 0. The molecule has 0 spiro atoms. The van der Waals surface area contributed by atoms with Gasteiger partial charge in [0.15, 0.2) is 0 Å². The summed E-state index contributed by atoms with van der Waals surface area (Å²) in [4.78, 5) is 0. The van der Waals surface area contributed by atoms with Crippen molar-refractivity contribution in [3.63, 3.8) is 0 Å². The lowest BCUT2D eigenvalue weighted by Crippen LogP contribution is -2.14. The van der Waals surface area contributed by atoms with Gasteiger partial charge in [-0.2, -0.15) is 12.6 Å². The van der Waals surface area contributed by atoms with E-state index in [9.17, 15) is 0 Å². The summed E-state index contributed by atoms with van der Waals surface area (Å²) in [5, 5.41) is 0.615.